The number of hydrazine groups is 1. The van der Waals surface area contributed by atoms with Gasteiger partial charge in [0.2, 0.25) is 0 Å². The maximum Gasteiger partial charge on any atom is 0.282 e. The first-order valence-corrected chi connectivity index (χ1v) is 9.06. The molecule has 1 fully saturated rings. The number of hydrogen-bond acceptors (Lipinski definition) is 4. The molecule has 0 bridgehead atoms. The number of carbonyl (C=O) groups is 2. The number of amides is 2. The van der Waals surface area contributed by atoms with Crippen LogP contribution in [-0.2, 0) is 9.59 Å². The number of rotatable bonds is 4. The second kappa shape index (κ2) is 7.56. The second-order valence-electron chi connectivity index (χ2n) is 7.22. The minimum absolute atomic E-state index is 0.0214. The Hall–Kier alpha value is -2.99. The number of halogens is 1. The summed E-state index contributed by atoms with van der Waals surface area (Å²) in [7, 11) is 1.50. The number of nitrogens with one attached hydrogen (secondary N) is 1. The van der Waals surface area contributed by atoms with Crippen molar-refractivity contribution >= 4 is 35.2 Å². The molecule has 0 aliphatic carbocycles. The molecule has 0 spiro atoms. The minimum atomic E-state index is -0.521. The zero-order chi connectivity index (χ0) is 20.5. The van der Waals surface area contributed by atoms with Gasteiger partial charge in [-0.05, 0) is 45.0 Å². The van der Waals surface area contributed by atoms with Crippen molar-refractivity contribution in [2.24, 2.45) is 0 Å². The third-order valence-electron chi connectivity index (χ3n) is 3.88. The lowest BCUT2D eigenvalue weighted by molar-refractivity contribution is -0.117. The number of para-hydroxylation sites is 1. The fourth-order valence-corrected chi connectivity index (χ4v) is 2.95. The van der Waals surface area contributed by atoms with Crippen LogP contribution in [0.25, 0.3) is 6.08 Å². The molecule has 2 aromatic rings. The monoisotopic (exact) mass is 400 g/mol. The van der Waals surface area contributed by atoms with Crippen molar-refractivity contribution in [3.63, 3.8) is 0 Å². The fraction of sp³-hybridized carbons (Fsp3) is 0.238. The number of ether oxygens (including phenoxy) is 2. The molecule has 146 valence electrons. The average Bonchev–Trinajstić information content (AvgIpc) is 2.91. The van der Waals surface area contributed by atoms with Gasteiger partial charge >= 0.3 is 0 Å². The van der Waals surface area contributed by atoms with Crippen LogP contribution < -0.4 is 19.9 Å². The van der Waals surface area contributed by atoms with Crippen molar-refractivity contribution in [3.05, 3.63) is 58.6 Å². The SMILES string of the molecule is COc1cc(Cl)cc(/C=C2/C(=O)NN(c3ccccc3)C2=O)c1OC(C)(C)C. The number of nitrogens with zero attached hydrogens (tertiary/aromatic N) is 1. The van der Waals surface area contributed by atoms with E-state index in [1.165, 1.54) is 18.2 Å². The van der Waals surface area contributed by atoms with Gasteiger partial charge in [-0.15, -0.1) is 0 Å². The summed E-state index contributed by atoms with van der Waals surface area (Å²) in [4.78, 5) is 25.3. The van der Waals surface area contributed by atoms with Crippen LogP contribution >= 0.6 is 11.6 Å². The highest BCUT2D eigenvalue weighted by Gasteiger charge is 2.35. The van der Waals surface area contributed by atoms with Crippen LogP contribution in [-0.4, -0.2) is 24.5 Å². The molecule has 3 rings (SSSR count). The standard InChI is InChI=1S/C21H21ClN2O4/c1-21(2,3)28-18-13(10-14(22)12-17(18)27-4)11-16-19(25)23-24(20(16)26)15-8-6-5-7-9-15/h5-12H,1-4H3,(H,23,25)/b16-11-. The van der Waals surface area contributed by atoms with Crippen LogP contribution in [0.1, 0.15) is 26.3 Å². The smallest absolute Gasteiger partial charge is 0.282 e. The van der Waals surface area contributed by atoms with Gasteiger partial charge in [-0.2, -0.15) is 0 Å². The quantitative estimate of drug-likeness (QED) is 0.622. The third kappa shape index (κ3) is 4.12. The molecule has 0 unspecified atom stereocenters. The number of carbonyl (C=O) groups excluding carboxylic acids is 2. The highest BCUT2D eigenvalue weighted by molar-refractivity contribution is 6.32. The van der Waals surface area contributed by atoms with Gasteiger partial charge in [0.05, 0.1) is 12.8 Å². The molecule has 1 saturated heterocycles. The summed E-state index contributed by atoms with van der Waals surface area (Å²) < 4.78 is 11.4. The van der Waals surface area contributed by atoms with E-state index in [0.717, 1.165) is 0 Å². The molecule has 0 saturated carbocycles. The molecule has 1 aliphatic rings. The Kier molecular flexibility index (Phi) is 5.34. The van der Waals surface area contributed by atoms with Gasteiger partial charge in [0.1, 0.15) is 11.2 Å². The van der Waals surface area contributed by atoms with Gasteiger partial charge in [0.25, 0.3) is 11.8 Å². The largest absolute Gasteiger partial charge is 0.493 e. The molecule has 7 heteroatoms. The molecular weight excluding hydrogens is 380 g/mol. The van der Waals surface area contributed by atoms with Crippen molar-refractivity contribution in [2.45, 2.75) is 26.4 Å². The zero-order valence-electron chi connectivity index (χ0n) is 16.1. The Morgan fingerprint density at radius 3 is 2.39 bits per heavy atom. The Bertz CT molecular complexity index is 949. The van der Waals surface area contributed by atoms with E-state index in [9.17, 15) is 9.59 Å². The highest BCUT2D eigenvalue weighted by atomic mass is 35.5. The zero-order valence-corrected chi connectivity index (χ0v) is 16.8. The summed E-state index contributed by atoms with van der Waals surface area (Å²) in [5, 5.41) is 1.61. The van der Waals surface area contributed by atoms with E-state index in [0.29, 0.717) is 27.8 Å². The maximum atomic E-state index is 12.8. The number of hydrogen-bond donors (Lipinski definition) is 1. The van der Waals surface area contributed by atoms with Crippen LogP contribution in [0.15, 0.2) is 48.0 Å². The van der Waals surface area contributed by atoms with Gasteiger partial charge in [0.15, 0.2) is 11.5 Å². The normalized spacial score (nSPS) is 15.8. The number of benzene rings is 2. The summed E-state index contributed by atoms with van der Waals surface area (Å²) in [6.45, 7) is 5.67. The predicted molar refractivity (Wildman–Crippen MR) is 108 cm³/mol. The lowest BCUT2D eigenvalue weighted by Crippen LogP contribution is -2.35. The summed E-state index contributed by atoms with van der Waals surface area (Å²) in [5.41, 5.74) is 3.08. The molecule has 0 atom stereocenters. The molecular formula is C21H21ClN2O4. The van der Waals surface area contributed by atoms with Gasteiger partial charge in [-0.25, -0.2) is 5.01 Å². The lowest BCUT2D eigenvalue weighted by Gasteiger charge is -2.24. The average molecular weight is 401 g/mol. The molecule has 1 N–H and O–H groups in total. The van der Waals surface area contributed by atoms with Crippen LogP contribution in [0.4, 0.5) is 5.69 Å². The predicted octanol–water partition coefficient (Wildman–Crippen LogP) is 3.99. The molecule has 2 aromatic carbocycles. The van der Waals surface area contributed by atoms with Crippen molar-refractivity contribution < 1.29 is 19.1 Å². The van der Waals surface area contributed by atoms with Gasteiger partial charge < -0.3 is 9.47 Å². The Morgan fingerprint density at radius 1 is 1.11 bits per heavy atom. The number of methoxy groups -OCH3 is 1. The van der Waals surface area contributed by atoms with E-state index in [-0.39, 0.29) is 5.57 Å². The van der Waals surface area contributed by atoms with E-state index >= 15 is 0 Å². The molecule has 0 radical (unpaired) electrons. The lowest BCUT2D eigenvalue weighted by atomic mass is 10.1. The molecule has 1 heterocycles. The maximum absolute atomic E-state index is 12.8. The van der Waals surface area contributed by atoms with E-state index in [1.54, 1.807) is 36.4 Å². The van der Waals surface area contributed by atoms with Crippen LogP contribution in [0.5, 0.6) is 11.5 Å². The second-order valence-corrected chi connectivity index (χ2v) is 7.65. The summed E-state index contributed by atoms with van der Waals surface area (Å²) >= 11 is 6.19. The molecule has 0 aromatic heterocycles. The Morgan fingerprint density at radius 2 is 1.79 bits per heavy atom. The van der Waals surface area contributed by atoms with E-state index in [1.807, 2.05) is 26.8 Å². The topological polar surface area (TPSA) is 67.9 Å². The van der Waals surface area contributed by atoms with E-state index in [2.05, 4.69) is 5.43 Å². The Balaban J connectivity index is 2.06. The highest BCUT2D eigenvalue weighted by Crippen LogP contribution is 2.38. The molecule has 6 nitrogen and oxygen atoms in total. The molecule has 2 amide bonds. The van der Waals surface area contributed by atoms with Crippen LogP contribution in [0.3, 0.4) is 0 Å². The number of anilines is 1. The Labute approximate surface area is 168 Å². The van der Waals surface area contributed by atoms with Crippen molar-refractivity contribution in [1.29, 1.82) is 0 Å². The van der Waals surface area contributed by atoms with Crippen LogP contribution in [0.2, 0.25) is 5.02 Å². The van der Waals surface area contributed by atoms with Crippen molar-refractivity contribution in [1.82, 2.24) is 5.43 Å². The van der Waals surface area contributed by atoms with Crippen molar-refractivity contribution in [3.8, 4) is 11.5 Å². The summed E-state index contributed by atoms with van der Waals surface area (Å²) in [6.07, 6.45) is 1.47. The van der Waals surface area contributed by atoms with Gasteiger partial charge in [-0.1, -0.05) is 29.8 Å². The minimum Gasteiger partial charge on any atom is -0.493 e. The van der Waals surface area contributed by atoms with Gasteiger partial charge in [-0.3, -0.25) is 15.0 Å². The first-order valence-electron chi connectivity index (χ1n) is 8.68. The fourth-order valence-electron chi connectivity index (χ4n) is 2.73. The molecule has 28 heavy (non-hydrogen) atoms. The first-order chi connectivity index (χ1) is 13.2. The van der Waals surface area contributed by atoms with E-state index in [4.69, 9.17) is 21.1 Å². The summed E-state index contributed by atoms with van der Waals surface area (Å²) in [6, 6.07) is 12.1. The van der Waals surface area contributed by atoms with Crippen LogP contribution in [0, 0.1) is 0 Å². The van der Waals surface area contributed by atoms with E-state index < -0.39 is 17.4 Å². The third-order valence-corrected chi connectivity index (χ3v) is 4.10. The molecule has 1 aliphatic heterocycles. The van der Waals surface area contributed by atoms with Gasteiger partial charge in [0, 0.05) is 16.7 Å². The first kappa shape index (κ1) is 19.8. The van der Waals surface area contributed by atoms with Crippen molar-refractivity contribution in [2.75, 3.05) is 12.1 Å². The summed E-state index contributed by atoms with van der Waals surface area (Å²) in [5.74, 6) is -0.142.